The third-order valence-electron chi connectivity index (χ3n) is 3.28. The van der Waals surface area contributed by atoms with Crippen molar-refractivity contribution < 1.29 is 4.79 Å². The van der Waals surface area contributed by atoms with Crippen LogP contribution in [-0.2, 0) is 0 Å². The summed E-state index contributed by atoms with van der Waals surface area (Å²) in [5.41, 5.74) is 7.38. The van der Waals surface area contributed by atoms with E-state index in [-0.39, 0.29) is 11.9 Å². The minimum absolute atomic E-state index is 0.0297. The monoisotopic (exact) mass is 233 g/mol. The Morgan fingerprint density at radius 3 is 2.65 bits per heavy atom. The summed E-state index contributed by atoms with van der Waals surface area (Å²) in [5, 5.41) is 3.04. The van der Waals surface area contributed by atoms with Crippen molar-refractivity contribution in [2.75, 3.05) is 0 Å². The highest BCUT2D eigenvalue weighted by Gasteiger charge is 2.20. The maximum Gasteiger partial charge on any atom is 0.253 e. The fourth-order valence-electron chi connectivity index (χ4n) is 2.13. The number of aromatic nitrogens is 1. The molecule has 4 nitrogen and oxygen atoms in total. The predicted molar refractivity (Wildman–Crippen MR) is 66.7 cm³/mol. The fraction of sp³-hybridized carbons (Fsp3) is 0.538. The highest BCUT2D eigenvalue weighted by molar-refractivity contribution is 5.94. The molecular formula is C13H19N3O. The minimum atomic E-state index is -0.0297. The van der Waals surface area contributed by atoms with E-state index in [0.717, 1.165) is 31.4 Å². The fourth-order valence-corrected chi connectivity index (χ4v) is 2.13. The second-order valence-electron chi connectivity index (χ2n) is 4.77. The molecule has 0 spiro atoms. The van der Waals surface area contributed by atoms with E-state index in [2.05, 4.69) is 10.3 Å². The van der Waals surface area contributed by atoms with E-state index < -0.39 is 0 Å². The largest absolute Gasteiger partial charge is 0.349 e. The standard InChI is InChI=1S/C13H19N3O/c1-9-2-3-10(8-15-9)13(17)16-12-6-4-11(14)5-7-12/h2-3,8,11-12H,4-7,14H2,1H3,(H,16,17)/t11-,12-. The Hall–Kier alpha value is -1.42. The molecule has 3 N–H and O–H groups in total. The van der Waals surface area contributed by atoms with Gasteiger partial charge in [-0.3, -0.25) is 9.78 Å². The van der Waals surface area contributed by atoms with E-state index in [0.29, 0.717) is 11.6 Å². The van der Waals surface area contributed by atoms with E-state index in [9.17, 15) is 4.79 Å². The first-order chi connectivity index (χ1) is 8.15. The lowest BCUT2D eigenvalue weighted by Gasteiger charge is -2.26. The van der Waals surface area contributed by atoms with Gasteiger partial charge in [0.1, 0.15) is 0 Å². The summed E-state index contributed by atoms with van der Waals surface area (Å²) in [4.78, 5) is 16.0. The van der Waals surface area contributed by atoms with Crippen molar-refractivity contribution in [3.63, 3.8) is 0 Å². The number of aryl methyl sites for hydroxylation is 1. The lowest BCUT2D eigenvalue weighted by atomic mass is 9.92. The van der Waals surface area contributed by atoms with Crippen molar-refractivity contribution in [1.29, 1.82) is 0 Å². The van der Waals surface area contributed by atoms with Crippen LogP contribution in [0.15, 0.2) is 18.3 Å². The van der Waals surface area contributed by atoms with E-state index in [4.69, 9.17) is 5.73 Å². The summed E-state index contributed by atoms with van der Waals surface area (Å²) in [6, 6.07) is 4.24. The lowest BCUT2D eigenvalue weighted by molar-refractivity contribution is 0.0925. The van der Waals surface area contributed by atoms with Crippen LogP contribution in [0.2, 0.25) is 0 Å². The van der Waals surface area contributed by atoms with Crippen LogP contribution in [0.3, 0.4) is 0 Å². The van der Waals surface area contributed by atoms with Crippen molar-refractivity contribution in [1.82, 2.24) is 10.3 Å². The molecule has 1 aliphatic rings. The molecule has 1 aromatic heterocycles. The number of carbonyl (C=O) groups is 1. The van der Waals surface area contributed by atoms with E-state index >= 15 is 0 Å². The zero-order valence-electron chi connectivity index (χ0n) is 10.1. The number of hydrogen-bond donors (Lipinski definition) is 2. The van der Waals surface area contributed by atoms with Gasteiger partial charge in [0.2, 0.25) is 0 Å². The maximum atomic E-state index is 11.9. The molecule has 1 saturated carbocycles. The van der Waals surface area contributed by atoms with Gasteiger partial charge in [0, 0.05) is 24.0 Å². The first-order valence-electron chi connectivity index (χ1n) is 6.14. The molecule has 0 saturated heterocycles. The second-order valence-corrected chi connectivity index (χ2v) is 4.77. The number of rotatable bonds is 2. The minimum Gasteiger partial charge on any atom is -0.349 e. The lowest BCUT2D eigenvalue weighted by Crippen LogP contribution is -2.40. The van der Waals surface area contributed by atoms with Crippen molar-refractivity contribution in [3.05, 3.63) is 29.6 Å². The molecule has 92 valence electrons. The van der Waals surface area contributed by atoms with Crippen LogP contribution in [0.5, 0.6) is 0 Å². The molecule has 1 aromatic rings. The molecule has 0 unspecified atom stereocenters. The number of carbonyl (C=O) groups excluding carboxylic acids is 1. The average molecular weight is 233 g/mol. The summed E-state index contributed by atoms with van der Waals surface area (Å²) in [6.07, 6.45) is 5.58. The zero-order chi connectivity index (χ0) is 12.3. The summed E-state index contributed by atoms with van der Waals surface area (Å²) in [7, 11) is 0. The molecule has 1 aliphatic carbocycles. The van der Waals surface area contributed by atoms with Crippen LogP contribution in [-0.4, -0.2) is 23.0 Å². The maximum absolute atomic E-state index is 11.9. The number of pyridine rings is 1. The SMILES string of the molecule is Cc1ccc(C(=O)N[C@H]2CC[C@H](N)CC2)cn1. The van der Waals surface area contributed by atoms with Crippen LogP contribution in [0.1, 0.15) is 41.7 Å². The molecule has 0 radical (unpaired) electrons. The Morgan fingerprint density at radius 1 is 1.35 bits per heavy atom. The Balaban J connectivity index is 1.91. The van der Waals surface area contributed by atoms with Gasteiger partial charge in [0.25, 0.3) is 5.91 Å². The molecule has 2 rings (SSSR count). The molecule has 0 atom stereocenters. The summed E-state index contributed by atoms with van der Waals surface area (Å²) >= 11 is 0. The van der Waals surface area contributed by atoms with Crippen molar-refractivity contribution in [2.24, 2.45) is 5.73 Å². The van der Waals surface area contributed by atoms with Crippen LogP contribution in [0.4, 0.5) is 0 Å². The summed E-state index contributed by atoms with van der Waals surface area (Å²) in [6.45, 7) is 1.91. The van der Waals surface area contributed by atoms with E-state index in [1.807, 2.05) is 19.1 Å². The number of nitrogens with one attached hydrogen (secondary N) is 1. The zero-order valence-corrected chi connectivity index (χ0v) is 10.1. The highest BCUT2D eigenvalue weighted by atomic mass is 16.1. The number of hydrogen-bond acceptors (Lipinski definition) is 3. The Labute approximate surface area is 102 Å². The number of nitrogens with zero attached hydrogens (tertiary/aromatic N) is 1. The average Bonchev–Trinajstić information content (AvgIpc) is 2.33. The smallest absolute Gasteiger partial charge is 0.253 e. The molecule has 0 bridgehead atoms. The molecule has 1 fully saturated rings. The van der Waals surface area contributed by atoms with Crippen molar-refractivity contribution in [3.8, 4) is 0 Å². The molecule has 0 aliphatic heterocycles. The Kier molecular flexibility index (Phi) is 3.74. The van der Waals surface area contributed by atoms with Crippen LogP contribution in [0, 0.1) is 6.92 Å². The van der Waals surface area contributed by atoms with Gasteiger partial charge in [-0.25, -0.2) is 0 Å². The summed E-state index contributed by atoms with van der Waals surface area (Å²) < 4.78 is 0. The van der Waals surface area contributed by atoms with Gasteiger partial charge in [-0.2, -0.15) is 0 Å². The summed E-state index contributed by atoms with van der Waals surface area (Å²) in [5.74, 6) is -0.0297. The van der Waals surface area contributed by atoms with Crippen molar-refractivity contribution >= 4 is 5.91 Å². The Morgan fingerprint density at radius 2 is 2.06 bits per heavy atom. The third kappa shape index (κ3) is 3.27. The van der Waals surface area contributed by atoms with Gasteiger partial charge < -0.3 is 11.1 Å². The van der Waals surface area contributed by atoms with Gasteiger partial charge in [-0.15, -0.1) is 0 Å². The molecular weight excluding hydrogens is 214 g/mol. The van der Waals surface area contributed by atoms with E-state index in [1.54, 1.807) is 6.20 Å². The predicted octanol–water partition coefficient (Wildman–Crippen LogP) is 1.39. The first-order valence-corrected chi connectivity index (χ1v) is 6.14. The van der Waals surface area contributed by atoms with Crippen LogP contribution in [0.25, 0.3) is 0 Å². The molecule has 1 amide bonds. The quantitative estimate of drug-likeness (QED) is 0.811. The number of nitrogens with two attached hydrogens (primary N) is 1. The highest BCUT2D eigenvalue weighted by Crippen LogP contribution is 2.17. The Bertz CT molecular complexity index is 380. The number of amides is 1. The molecule has 0 aromatic carbocycles. The molecule has 17 heavy (non-hydrogen) atoms. The molecule has 1 heterocycles. The first kappa shape index (κ1) is 12.0. The van der Waals surface area contributed by atoms with Gasteiger partial charge in [-0.05, 0) is 44.7 Å². The molecule has 4 heteroatoms. The second kappa shape index (κ2) is 5.27. The van der Waals surface area contributed by atoms with Crippen molar-refractivity contribution in [2.45, 2.75) is 44.7 Å². The van der Waals surface area contributed by atoms with Gasteiger partial charge in [0.15, 0.2) is 0 Å². The normalized spacial score (nSPS) is 24.4. The van der Waals surface area contributed by atoms with Crippen LogP contribution < -0.4 is 11.1 Å². The van der Waals surface area contributed by atoms with Gasteiger partial charge in [0.05, 0.1) is 5.56 Å². The topological polar surface area (TPSA) is 68.0 Å². The van der Waals surface area contributed by atoms with Crippen LogP contribution >= 0.6 is 0 Å². The van der Waals surface area contributed by atoms with E-state index in [1.165, 1.54) is 0 Å². The van der Waals surface area contributed by atoms with Gasteiger partial charge in [-0.1, -0.05) is 0 Å². The third-order valence-corrected chi connectivity index (χ3v) is 3.28. The van der Waals surface area contributed by atoms with Gasteiger partial charge >= 0.3 is 0 Å².